The Kier molecular flexibility index (Phi) is 4.46. The van der Waals surface area contributed by atoms with E-state index in [9.17, 15) is 9.59 Å². The molecule has 8 heteroatoms. The van der Waals surface area contributed by atoms with Crippen molar-refractivity contribution in [2.24, 2.45) is 0 Å². The van der Waals surface area contributed by atoms with Crippen LogP contribution in [0.15, 0.2) is 34.9 Å². The van der Waals surface area contributed by atoms with E-state index >= 15 is 0 Å². The van der Waals surface area contributed by atoms with Gasteiger partial charge in [-0.25, -0.2) is 4.68 Å². The number of amides is 1. The molecule has 1 aromatic carbocycles. The van der Waals surface area contributed by atoms with Crippen LogP contribution in [0.4, 0.5) is 5.82 Å². The molecule has 1 amide bonds. The second-order valence-corrected chi connectivity index (χ2v) is 4.97. The number of rotatable bonds is 5. The number of carboxylic acid groups (broad SMARTS) is 1. The molecular formula is C12H11BrN4O3. The predicted molar refractivity (Wildman–Crippen MR) is 74.1 cm³/mol. The molecule has 0 radical (unpaired) electrons. The average Bonchev–Trinajstić information content (AvgIpc) is 2.75. The van der Waals surface area contributed by atoms with Crippen molar-refractivity contribution in [3.63, 3.8) is 0 Å². The molecule has 0 saturated heterocycles. The van der Waals surface area contributed by atoms with Crippen LogP contribution in [0, 0.1) is 0 Å². The zero-order valence-electron chi connectivity index (χ0n) is 10.3. The Labute approximate surface area is 122 Å². The predicted octanol–water partition coefficient (Wildman–Crippen LogP) is 1.31. The number of nitrogens with zero attached hydrogens (tertiary/aromatic N) is 3. The maximum atomic E-state index is 11.8. The summed E-state index contributed by atoms with van der Waals surface area (Å²) in [7, 11) is 0. The number of hydrogen-bond donors (Lipinski definition) is 2. The van der Waals surface area contributed by atoms with E-state index in [1.165, 1.54) is 6.20 Å². The van der Waals surface area contributed by atoms with Gasteiger partial charge in [0.1, 0.15) is 6.54 Å². The number of carbonyl (C=O) groups is 2. The minimum Gasteiger partial charge on any atom is -0.480 e. The summed E-state index contributed by atoms with van der Waals surface area (Å²) in [5.74, 6) is -1.04. The van der Waals surface area contributed by atoms with E-state index in [4.69, 9.17) is 5.11 Å². The van der Waals surface area contributed by atoms with Gasteiger partial charge in [-0.15, -0.1) is 5.10 Å². The first-order valence-electron chi connectivity index (χ1n) is 5.69. The highest BCUT2D eigenvalue weighted by molar-refractivity contribution is 9.10. The summed E-state index contributed by atoms with van der Waals surface area (Å²) in [5.41, 5.74) is 0.856. The van der Waals surface area contributed by atoms with Crippen LogP contribution >= 0.6 is 15.9 Å². The van der Waals surface area contributed by atoms with Crippen molar-refractivity contribution in [3.8, 4) is 0 Å². The van der Waals surface area contributed by atoms with Crippen molar-refractivity contribution in [3.05, 3.63) is 40.5 Å². The monoisotopic (exact) mass is 338 g/mol. The van der Waals surface area contributed by atoms with Gasteiger partial charge in [0.2, 0.25) is 5.91 Å². The fraction of sp³-hybridized carbons (Fsp3) is 0.167. The third kappa shape index (κ3) is 4.16. The maximum Gasteiger partial charge on any atom is 0.325 e. The SMILES string of the molecule is O=C(O)Cn1cc(NC(=O)Cc2cccc(Br)c2)nn1. The van der Waals surface area contributed by atoms with Crippen molar-refractivity contribution in [1.29, 1.82) is 0 Å². The van der Waals surface area contributed by atoms with Crippen molar-refractivity contribution >= 4 is 33.6 Å². The van der Waals surface area contributed by atoms with Gasteiger partial charge in [0.05, 0.1) is 12.6 Å². The van der Waals surface area contributed by atoms with Gasteiger partial charge in [0.15, 0.2) is 5.82 Å². The van der Waals surface area contributed by atoms with Crippen molar-refractivity contribution in [1.82, 2.24) is 15.0 Å². The summed E-state index contributed by atoms with van der Waals surface area (Å²) in [6.07, 6.45) is 1.57. The Morgan fingerprint density at radius 1 is 1.40 bits per heavy atom. The molecule has 1 heterocycles. The number of aromatic nitrogens is 3. The molecule has 0 spiro atoms. The number of hydrogen-bond acceptors (Lipinski definition) is 4. The molecule has 0 bridgehead atoms. The first-order chi connectivity index (χ1) is 9.52. The number of halogens is 1. The Morgan fingerprint density at radius 2 is 2.20 bits per heavy atom. The van der Waals surface area contributed by atoms with Gasteiger partial charge in [-0.3, -0.25) is 9.59 Å². The standard InChI is InChI=1S/C12H11BrN4O3/c13-9-3-1-2-8(4-9)5-11(18)14-10-6-17(16-15-10)7-12(19)20/h1-4,6H,5,7H2,(H,14,18)(H,19,20). The van der Waals surface area contributed by atoms with Gasteiger partial charge >= 0.3 is 5.97 Å². The third-order valence-electron chi connectivity index (χ3n) is 2.36. The van der Waals surface area contributed by atoms with E-state index in [1.807, 2.05) is 24.3 Å². The summed E-state index contributed by atoms with van der Waals surface area (Å²) < 4.78 is 2.03. The van der Waals surface area contributed by atoms with Crippen LogP contribution in [0.3, 0.4) is 0 Å². The van der Waals surface area contributed by atoms with Gasteiger partial charge in [0.25, 0.3) is 0 Å². The fourth-order valence-electron chi connectivity index (χ4n) is 1.59. The van der Waals surface area contributed by atoms with E-state index in [-0.39, 0.29) is 24.7 Å². The minimum absolute atomic E-state index is 0.200. The van der Waals surface area contributed by atoms with Gasteiger partial charge in [-0.1, -0.05) is 33.3 Å². The zero-order valence-corrected chi connectivity index (χ0v) is 11.9. The van der Waals surface area contributed by atoms with Crippen LogP contribution in [-0.4, -0.2) is 32.0 Å². The zero-order chi connectivity index (χ0) is 14.5. The Morgan fingerprint density at radius 3 is 2.90 bits per heavy atom. The van der Waals surface area contributed by atoms with Crippen LogP contribution in [0.2, 0.25) is 0 Å². The largest absolute Gasteiger partial charge is 0.480 e. The second kappa shape index (κ2) is 6.29. The number of aliphatic carboxylic acids is 1. The molecule has 104 valence electrons. The highest BCUT2D eigenvalue weighted by atomic mass is 79.9. The molecule has 0 aliphatic heterocycles. The number of benzene rings is 1. The van der Waals surface area contributed by atoms with E-state index in [0.717, 1.165) is 14.7 Å². The van der Waals surface area contributed by atoms with E-state index in [0.29, 0.717) is 0 Å². The lowest BCUT2D eigenvalue weighted by Crippen LogP contribution is -2.14. The van der Waals surface area contributed by atoms with Gasteiger partial charge in [0, 0.05) is 4.47 Å². The molecule has 2 rings (SSSR count). The molecule has 0 fully saturated rings. The number of anilines is 1. The fourth-order valence-corrected chi connectivity index (χ4v) is 2.04. The molecule has 7 nitrogen and oxygen atoms in total. The molecule has 0 aliphatic rings. The quantitative estimate of drug-likeness (QED) is 0.856. The number of carboxylic acids is 1. The Hall–Kier alpha value is -2.22. The molecule has 2 aromatic rings. The van der Waals surface area contributed by atoms with Gasteiger partial charge < -0.3 is 10.4 Å². The van der Waals surface area contributed by atoms with Gasteiger partial charge in [-0.2, -0.15) is 0 Å². The number of carbonyl (C=O) groups excluding carboxylic acids is 1. The summed E-state index contributed by atoms with van der Waals surface area (Å²) in [4.78, 5) is 22.3. The first kappa shape index (κ1) is 14.2. The summed E-state index contributed by atoms with van der Waals surface area (Å²) in [6, 6.07) is 7.40. The highest BCUT2D eigenvalue weighted by Crippen LogP contribution is 2.12. The molecular weight excluding hydrogens is 328 g/mol. The first-order valence-corrected chi connectivity index (χ1v) is 6.48. The van der Waals surface area contributed by atoms with Crippen molar-refractivity contribution in [2.75, 3.05) is 5.32 Å². The second-order valence-electron chi connectivity index (χ2n) is 4.05. The van der Waals surface area contributed by atoms with Crippen LogP contribution < -0.4 is 5.32 Å². The smallest absolute Gasteiger partial charge is 0.325 e. The van der Waals surface area contributed by atoms with E-state index < -0.39 is 5.97 Å². The molecule has 20 heavy (non-hydrogen) atoms. The molecule has 2 N–H and O–H groups in total. The summed E-state index contributed by atoms with van der Waals surface area (Å²) in [5, 5.41) is 18.4. The highest BCUT2D eigenvalue weighted by Gasteiger charge is 2.08. The third-order valence-corrected chi connectivity index (χ3v) is 2.85. The summed E-state index contributed by atoms with van der Waals surface area (Å²) >= 11 is 3.33. The lowest BCUT2D eigenvalue weighted by atomic mass is 10.1. The molecule has 0 unspecified atom stereocenters. The summed E-state index contributed by atoms with van der Waals surface area (Å²) in [6.45, 7) is -0.297. The van der Waals surface area contributed by atoms with Gasteiger partial charge in [-0.05, 0) is 17.7 Å². The van der Waals surface area contributed by atoms with Crippen LogP contribution in [0.5, 0.6) is 0 Å². The molecule has 1 aromatic heterocycles. The maximum absolute atomic E-state index is 11.8. The van der Waals surface area contributed by atoms with Crippen molar-refractivity contribution in [2.45, 2.75) is 13.0 Å². The minimum atomic E-state index is -1.03. The lowest BCUT2D eigenvalue weighted by Gasteiger charge is -2.02. The topological polar surface area (TPSA) is 97.1 Å². The normalized spacial score (nSPS) is 10.2. The molecule has 0 saturated carbocycles. The van der Waals surface area contributed by atoms with Crippen molar-refractivity contribution < 1.29 is 14.7 Å². The molecule has 0 aliphatic carbocycles. The Bertz CT molecular complexity index is 641. The van der Waals surface area contributed by atoms with E-state index in [2.05, 4.69) is 31.6 Å². The van der Waals surface area contributed by atoms with Crippen LogP contribution in [-0.2, 0) is 22.6 Å². The molecule has 0 atom stereocenters. The average molecular weight is 339 g/mol. The number of nitrogens with one attached hydrogen (secondary N) is 1. The van der Waals surface area contributed by atoms with Crippen LogP contribution in [0.1, 0.15) is 5.56 Å². The van der Waals surface area contributed by atoms with E-state index in [1.54, 1.807) is 0 Å². The Balaban J connectivity index is 1.94. The van der Waals surface area contributed by atoms with Crippen LogP contribution in [0.25, 0.3) is 0 Å². The lowest BCUT2D eigenvalue weighted by molar-refractivity contribution is -0.137.